The van der Waals surface area contributed by atoms with E-state index in [0.29, 0.717) is 10.9 Å². The summed E-state index contributed by atoms with van der Waals surface area (Å²) >= 11 is 3.11. The third kappa shape index (κ3) is 3.57. The number of benzene rings is 1. The van der Waals surface area contributed by atoms with Gasteiger partial charge in [-0.1, -0.05) is 22.9 Å². The van der Waals surface area contributed by atoms with Crippen LogP contribution >= 0.6 is 15.9 Å². The summed E-state index contributed by atoms with van der Waals surface area (Å²) in [6.07, 6.45) is 0.624. The maximum absolute atomic E-state index is 13.0. The highest BCUT2D eigenvalue weighted by Gasteiger charge is 2.12. The summed E-state index contributed by atoms with van der Waals surface area (Å²) in [7, 11) is 0. The average molecular weight is 290 g/mol. The summed E-state index contributed by atoms with van der Waals surface area (Å²) < 4.78 is 13.5. The van der Waals surface area contributed by atoms with Gasteiger partial charge in [0.15, 0.2) is 0 Å². The fraction of sp³-hybridized carbons (Fsp3) is 0.364. The van der Waals surface area contributed by atoms with Crippen molar-refractivity contribution in [2.45, 2.75) is 19.4 Å². The van der Waals surface area contributed by atoms with Crippen LogP contribution in [0.4, 0.5) is 4.39 Å². The van der Waals surface area contributed by atoms with E-state index in [1.54, 1.807) is 0 Å². The normalized spacial score (nSPS) is 12.2. The van der Waals surface area contributed by atoms with Gasteiger partial charge in [-0.3, -0.25) is 4.79 Å². The Morgan fingerprint density at radius 3 is 2.75 bits per heavy atom. The van der Waals surface area contributed by atoms with Gasteiger partial charge >= 0.3 is 0 Å². The van der Waals surface area contributed by atoms with Gasteiger partial charge in [-0.05, 0) is 24.6 Å². The van der Waals surface area contributed by atoms with Gasteiger partial charge in [-0.15, -0.1) is 0 Å². The van der Waals surface area contributed by atoms with Gasteiger partial charge in [0.2, 0.25) is 0 Å². The lowest BCUT2D eigenvalue weighted by molar-refractivity contribution is 0.0914. The quantitative estimate of drug-likeness (QED) is 0.892. The Kier molecular flexibility index (Phi) is 4.89. The summed E-state index contributed by atoms with van der Waals surface area (Å²) in [6.45, 7) is 1.72. The van der Waals surface area contributed by atoms with Gasteiger partial charge in [0, 0.05) is 10.0 Å². The Morgan fingerprint density at radius 1 is 1.56 bits per heavy atom. The third-order valence-corrected chi connectivity index (χ3v) is 2.63. The lowest BCUT2D eigenvalue weighted by Gasteiger charge is -2.14. The lowest BCUT2D eigenvalue weighted by Crippen LogP contribution is -2.36. The molecular formula is C11H13BrFNO2. The van der Waals surface area contributed by atoms with Crippen molar-refractivity contribution >= 4 is 21.8 Å². The minimum Gasteiger partial charge on any atom is -0.394 e. The van der Waals surface area contributed by atoms with Crippen LogP contribution in [0.3, 0.4) is 0 Å². The van der Waals surface area contributed by atoms with Crippen molar-refractivity contribution in [3.05, 3.63) is 34.1 Å². The van der Waals surface area contributed by atoms with Crippen LogP contribution in [0.25, 0.3) is 0 Å². The number of carbonyl (C=O) groups is 1. The zero-order valence-electron chi connectivity index (χ0n) is 8.84. The molecule has 16 heavy (non-hydrogen) atoms. The van der Waals surface area contributed by atoms with Gasteiger partial charge in [0.25, 0.3) is 5.91 Å². The average Bonchev–Trinajstić information content (AvgIpc) is 2.24. The molecule has 0 aliphatic rings. The molecule has 0 unspecified atom stereocenters. The van der Waals surface area contributed by atoms with Crippen molar-refractivity contribution < 1.29 is 14.3 Å². The number of carbonyl (C=O) groups excluding carboxylic acids is 1. The van der Waals surface area contributed by atoms with Gasteiger partial charge in [0.05, 0.1) is 12.6 Å². The van der Waals surface area contributed by atoms with Gasteiger partial charge < -0.3 is 10.4 Å². The molecule has 0 aliphatic carbocycles. The molecule has 0 saturated heterocycles. The van der Waals surface area contributed by atoms with Crippen LogP contribution in [0.5, 0.6) is 0 Å². The second-order valence-corrected chi connectivity index (χ2v) is 4.34. The van der Waals surface area contributed by atoms with Crippen LogP contribution in [-0.4, -0.2) is 23.7 Å². The predicted octanol–water partition coefficient (Wildman–Crippen LogP) is 2.09. The van der Waals surface area contributed by atoms with Gasteiger partial charge in [-0.25, -0.2) is 4.39 Å². The van der Waals surface area contributed by atoms with E-state index in [0.717, 1.165) is 6.07 Å². The van der Waals surface area contributed by atoms with Gasteiger partial charge in [-0.2, -0.15) is 0 Å². The molecule has 5 heteroatoms. The number of hydrogen-bond acceptors (Lipinski definition) is 2. The Bertz CT molecular complexity index is 360. The third-order valence-electron chi connectivity index (χ3n) is 2.17. The predicted molar refractivity (Wildman–Crippen MR) is 62.7 cm³/mol. The Balaban J connectivity index is 2.80. The van der Waals surface area contributed by atoms with Crippen LogP contribution in [-0.2, 0) is 0 Å². The SMILES string of the molecule is CC[C@H](CO)NC(=O)c1cc(F)cc(Br)c1. The van der Waals surface area contributed by atoms with Crippen molar-refractivity contribution in [3.8, 4) is 0 Å². The summed E-state index contributed by atoms with van der Waals surface area (Å²) in [5.74, 6) is -0.863. The van der Waals surface area contributed by atoms with Crippen LogP contribution in [0, 0.1) is 5.82 Å². The summed E-state index contributed by atoms with van der Waals surface area (Å²) in [6, 6.07) is 3.67. The first-order valence-electron chi connectivity index (χ1n) is 4.94. The number of rotatable bonds is 4. The van der Waals surface area contributed by atoms with Crippen LogP contribution < -0.4 is 5.32 Å². The maximum atomic E-state index is 13.0. The number of hydrogen-bond donors (Lipinski definition) is 2. The molecule has 3 nitrogen and oxygen atoms in total. The van der Waals surface area contributed by atoms with Crippen molar-refractivity contribution in [3.63, 3.8) is 0 Å². The van der Waals surface area contributed by atoms with E-state index >= 15 is 0 Å². The molecule has 0 bridgehead atoms. The Hall–Kier alpha value is -0.940. The molecule has 1 rings (SSSR count). The smallest absolute Gasteiger partial charge is 0.251 e. The molecule has 88 valence electrons. The first kappa shape index (κ1) is 13.1. The maximum Gasteiger partial charge on any atom is 0.251 e. The largest absolute Gasteiger partial charge is 0.394 e. The van der Waals surface area contributed by atoms with E-state index in [9.17, 15) is 9.18 Å². The Labute approximate surface area is 102 Å². The molecule has 0 radical (unpaired) electrons. The standard InChI is InChI=1S/C11H13BrFNO2/c1-2-10(6-15)14-11(16)7-3-8(12)5-9(13)4-7/h3-5,10,15H,2,6H2,1H3,(H,14,16)/t10-/m1/s1. The number of aliphatic hydroxyl groups is 1. The van der Waals surface area contributed by atoms with E-state index in [-0.39, 0.29) is 24.1 Å². The zero-order valence-corrected chi connectivity index (χ0v) is 10.4. The fourth-order valence-corrected chi connectivity index (χ4v) is 1.70. The molecule has 0 spiro atoms. The molecule has 1 amide bonds. The highest BCUT2D eigenvalue weighted by Crippen LogP contribution is 2.15. The van der Waals surface area contributed by atoms with Crippen LogP contribution in [0.15, 0.2) is 22.7 Å². The number of aliphatic hydroxyl groups excluding tert-OH is 1. The second-order valence-electron chi connectivity index (χ2n) is 3.42. The van der Waals surface area contributed by atoms with Crippen molar-refractivity contribution in [1.29, 1.82) is 0 Å². The molecule has 1 aromatic rings. The van der Waals surface area contributed by atoms with E-state index < -0.39 is 5.82 Å². The minimum absolute atomic E-state index is 0.126. The summed E-state index contributed by atoms with van der Waals surface area (Å²) in [5, 5.41) is 11.5. The molecule has 2 N–H and O–H groups in total. The second kappa shape index (κ2) is 5.96. The molecule has 0 saturated carbocycles. The number of nitrogens with one attached hydrogen (secondary N) is 1. The topological polar surface area (TPSA) is 49.3 Å². The zero-order chi connectivity index (χ0) is 12.1. The lowest BCUT2D eigenvalue weighted by atomic mass is 10.1. The highest BCUT2D eigenvalue weighted by atomic mass is 79.9. The highest BCUT2D eigenvalue weighted by molar-refractivity contribution is 9.10. The molecule has 0 aromatic heterocycles. The van der Waals surface area contributed by atoms with E-state index in [4.69, 9.17) is 5.11 Å². The van der Waals surface area contributed by atoms with Crippen LogP contribution in [0.1, 0.15) is 23.7 Å². The van der Waals surface area contributed by atoms with E-state index in [2.05, 4.69) is 21.2 Å². The van der Waals surface area contributed by atoms with Crippen molar-refractivity contribution in [2.75, 3.05) is 6.61 Å². The molecule has 0 aliphatic heterocycles. The fourth-order valence-electron chi connectivity index (χ4n) is 1.23. The summed E-state index contributed by atoms with van der Waals surface area (Å²) in [5.41, 5.74) is 0.235. The van der Waals surface area contributed by atoms with Crippen molar-refractivity contribution in [1.82, 2.24) is 5.32 Å². The molecule has 0 fully saturated rings. The molecule has 1 aromatic carbocycles. The van der Waals surface area contributed by atoms with E-state index in [1.807, 2.05) is 6.92 Å². The molecule has 1 atom stereocenters. The number of halogens is 2. The first-order valence-corrected chi connectivity index (χ1v) is 5.74. The van der Waals surface area contributed by atoms with Crippen LogP contribution in [0.2, 0.25) is 0 Å². The number of amides is 1. The van der Waals surface area contributed by atoms with Crippen molar-refractivity contribution in [2.24, 2.45) is 0 Å². The molecule has 0 heterocycles. The van der Waals surface area contributed by atoms with Gasteiger partial charge in [0.1, 0.15) is 5.82 Å². The van der Waals surface area contributed by atoms with E-state index in [1.165, 1.54) is 12.1 Å². The molecular weight excluding hydrogens is 277 g/mol. The monoisotopic (exact) mass is 289 g/mol. The summed E-state index contributed by atoms with van der Waals surface area (Å²) in [4.78, 5) is 11.7. The first-order chi connectivity index (χ1) is 7.56. The minimum atomic E-state index is -0.475. The Morgan fingerprint density at radius 2 is 2.25 bits per heavy atom.